The summed E-state index contributed by atoms with van der Waals surface area (Å²) in [5.74, 6) is -0.429. The van der Waals surface area contributed by atoms with Crippen molar-refractivity contribution < 1.29 is 18.0 Å². The normalized spacial score (nSPS) is 11.8. The SMILES string of the molecule is Cc1cc(/C=N/NC(=O)c2cncc(Br)c2)c(C)n1-c1cccc(C(F)(F)F)c1. The summed E-state index contributed by atoms with van der Waals surface area (Å²) in [6.07, 6.45) is 0.00833. The van der Waals surface area contributed by atoms with Gasteiger partial charge in [0.15, 0.2) is 0 Å². The van der Waals surface area contributed by atoms with Crippen LogP contribution in [0.4, 0.5) is 13.2 Å². The molecular formula is C20H16BrF3N4O. The smallest absolute Gasteiger partial charge is 0.318 e. The van der Waals surface area contributed by atoms with Crippen molar-refractivity contribution in [1.29, 1.82) is 0 Å². The fraction of sp³-hybridized carbons (Fsp3) is 0.150. The van der Waals surface area contributed by atoms with E-state index < -0.39 is 17.6 Å². The van der Waals surface area contributed by atoms with Crippen molar-refractivity contribution in [3.05, 3.63) is 81.3 Å². The summed E-state index contributed by atoms with van der Waals surface area (Å²) in [6.45, 7) is 3.56. The number of alkyl halides is 3. The number of hydrogen-bond donors (Lipinski definition) is 1. The van der Waals surface area contributed by atoms with E-state index in [1.54, 1.807) is 42.8 Å². The van der Waals surface area contributed by atoms with E-state index in [9.17, 15) is 18.0 Å². The summed E-state index contributed by atoms with van der Waals surface area (Å²) >= 11 is 3.24. The van der Waals surface area contributed by atoms with Crippen LogP contribution in [0.1, 0.15) is 32.9 Å². The van der Waals surface area contributed by atoms with Gasteiger partial charge in [-0.25, -0.2) is 5.43 Å². The molecule has 0 unspecified atom stereocenters. The van der Waals surface area contributed by atoms with Gasteiger partial charge in [-0.3, -0.25) is 9.78 Å². The van der Waals surface area contributed by atoms with Crippen molar-refractivity contribution >= 4 is 28.1 Å². The Balaban J connectivity index is 1.83. The molecule has 9 heteroatoms. The Hall–Kier alpha value is -2.94. The molecule has 29 heavy (non-hydrogen) atoms. The molecule has 3 rings (SSSR count). The van der Waals surface area contributed by atoms with E-state index in [4.69, 9.17) is 0 Å². The van der Waals surface area contributed by atoms with Crippen molar-refractivity contribution in [2.75, 3.05) is 0 Å². The second-order valence-electron chi connectivity index (χ2n) is 6.30. The minimum Gasteiger partial charge on any atom is -0.318 e. The summed E-state index contributed by atoms with van der Waals surface area (Å²) in [6, 6.07) is 8.51. The van der Waals surface area contributed by atoms with Crippen LogP contribution in [0.15, 0.2) is 58.4 Å². The molecule has 0 spiro atoms. The molecule has 0 atom stereocenters. The molecule has 0 saturated carbocycles. The molecule has 1 N–H and O–H groups in total. The highest BCUT2D eigenvalue weighted by molar-refractivity contribution is 9.10. The lowest BCUT2D eigenvalue weighted by atomic mass is 10.2. The predicted octanol–water partition coefficient (Wildman–Crippen LogP) is 5.03. The number of aryl methyl sites for hydroxylation is 1. The summed E-state index contributed by atoms with van der Waals surface area (Å²) in [5.41, 5.74) is 4.55. The largest absolute Gasteiger partial charge is 0.416 e. The molecule has 0 bridgehead atoms. The topological polar surface area (TPSA) is 59.3 Å². The van der Waals surface area contributed by atoms with E-state index in [2.05, 4.69) is 31.4 Å². The van der Waals surface area contributed by atoms with Crippen LogP contribution in [-0.4, -0.2) is 21.7 Å². The van der Waals surface area contributed by atoms with Gasteiger partial charge >= 0.3 is 6.18 Å². The lowest BCUT2D eigenvalue weighted by Crippen LogP contribution is -2.17. The van der Waals surface area contributed by atoms with Gasteiger partial charge in [0.05, 0.1) is 17.3 Å². The van der Waals surface area contributed by atoms with Gasteiger partial charge in [0, 0.05) is 39.5 Å². The molecule has 0 saturated heterocycles. The highest BCUT2D eigenvalue weighted by atomic mass is 79.9. The molecule has 0 fully saturated rings. The van der Waals surface area contributed by atoms with Crippen LogP contribution in [0, 0.1) is 13.8 Å². The molecule has 3 aromatic rings. The van der Waals surface area contributed by atoms with Gasteiger partial charge in [-0.2, -0.15) is 18.3 Å². The lowest BCUT2D eigenvalue weighted by molar-refractivity contribution is -0.137. The first-order valence-corrected chi connectivity index (χ1v) is 9.26. The number of hydrogen-bond acceptors (Lipinski definition) is 3. The van der Waals surface area contributed by atoms with Crippen LogP contribution in [0.25, 0.3) is 5.69 Å². The fourth-order valence-corrected chi connectivity index (χ4v) is 3.26. The van der Waals surface area contributed by atoms with Crippen LogP contribution in [-0.2, 0) is 6.18 Å². The first kappa shape index (κ1) is 20.8. The third-order valence-electron chi connectivity index (χ3n) is 4.24. The maximum atomic E-state index is 13.0. The molecule has 150 valence electrons. The number of benzene rings is 1. The zero-order valence-electron chi connectivity index (χ0n) is 15.5. The van der Waals surface area contributed by atoms with Gasteiger partial charge in [-0.15, -0.1) is 0 Å². The highest BCUT2D eigenvalue weighted by Crippen LogP contribution is 2.31. The van der Waals surface area contributed by atoms with Gasteiger partial charge in [-0.1, -0.05) is 6.07 Å². The summed E-state index contributed by atoms with van der Waals surface area (Å²) in [7, 11) is 0. The van der Waals surface area contributed by atoms with E-state index >= 15 is 0 Å². The Morgan fingerprint density at radius 1 is 1.21 bits per heavy atom. The van der Waals surface area contributed by atoms with Crippen molar-refractivity contribution in [1.82, 2.24) is 15.0 Å². The molecule has 0 radical (unpaired) electrons. The van der Waals surface area contributed by atoms with Crippen LogP contribution in [0.2, 0.25) is 0 Å². The first-order valence-electron chi connectivity index (χ1n) is 8.47. The Morgan fingerprint density at radius 3 is 2.66 bits per heavy atom. The highest BCUT2D eigenvalue weighted by Gasteiger charge is 2.30. The summed E-state index contributed by atoms with van der Waals surface area (Å²) in [4.78, 5) is 16.0. The van der Waals surface area contributed by atoms with E-state index in [-0.39, 0.29) is 0 Å². The molecule has 2 aromatic heterocycles. The van der Waals surface area contributed by atoms with Gasteiger partial charge in [0.25, 0.3) is 5.91 Å². The molecule has 0 aliphatic heterocycles. The number of nitrogens with one attached hydrogen (secondary N) is 1. The second-order valence-corrected chi connectivity index (χ2v) is 7.22. The Kier molecular flexibility index (Phi) is 5.88. The number of rotatable bonds is 4. The van der Waals surface area contributed by atoms with Gasteiger partial charge < -0.3 is 4.57 Å². The van der Waals surface area contributed by atoms with Crippen LogP contribution >= 0.6 is 15.9 Å². The zero-order valence-corrected chi connectivity index (χ0v) is 17.0. The molecule has 2 heterocycles. The van der Waals surface area contributed by atoms with Crippen LogP contribution < -0.4 is 5.43 Å². The third-order valence-corrected chi connectivity index (χ3v) is 4.67. The second kappa shape index (κ2) is 8.20. The maximum Gasteiger partial charge on any atom is 0.416 e. The number of carbonyl (C=O) groups is 1. The number of aromatic nitrogens is 2. The number of nitrogens with zero attached hydrogens (tertiary/aromatic N) is 3. The van der Waals surface area contributed by atoms with Crippen LogP contribution in [0.3, 0.4) is 0 Å². The van der Waals surface area contributed by atoms with Crippen molar-refractivity contribution in [2.45, 2.75) is 20.0 Å². The Bertz CT molecular complexity index is 1090. The number of halogens is 4. The average molecular weight is 465 g/mol. The lowest BCUT2D eigenvalue weighted by Gasteiger charge is -2.13. The summed E-state index contributed by atoms with van der Waals surface area (Å²) in [5, 5.41) is 3.95. The molecule has 0 aliphatic rings. The molecular weight excluding hydrogens is 449 g/mol. The van der Waals surface area contributed by atoms with Crippen LogP contribution in [0.5, 0.6) is 0 Å². The van der Waals surface area contributed by atoms with E-state index in [1.807, 2.05) is 0 Å². The number of amides is 1. The molecule has 1 amide bonds. The standard InChI is InChI=1S/C20H16BrF3N4O/c1-12-6-14(10-26-27-19(29)15-7-17(21)11-25-9-15)13(2)28(12)18-5-3-4-16(8-18)20(22,23)24/h3-11H,1-2H3,(H,27,29)/b26-10+. The minimum atomic E-state index is -4.42. The average Bonchev–Trinajstić information content (AvgIpc) is 2.94. The number of carbonyl (C=O) groups excluding carboxylic acids is 1. The maximum absolute atomic E-state index is 13.0. The number of pyridine rings is 1. The Morgan fingerprint density at radius 2 is 1.97 bits per heavy atom. The quantitative estimate of drug-likeness (QED) is 0.434. The van der Waals surface area contributed by atoms with E-state index in [1.165, 1.54) is 18.5 Å². The zero-order chi connectivity index (χ0) is 21.2. The Labute approximate surface area is 173 Å². The number of hydrazone groups is 1. The predicted molar refractivity (Wildman–Crippen MR) is 107 cm³/mol. The first-order chi connectivity index (χ1) is 13.7. The van der Waals surface area contributed by atoms with Gasteiger partial charge in [0.1, 0.15) is 0 Å². The van der Waals surface area contributed by atoms with E-state index in [0.29, 0.717) is 27.0 Å². The monoisotopic (exact) mass is 464 g/mol. The van der Waals surface area contributed by atoms with Crippen molar-refractivity contribution in [3.8, 4) is 5.69 Å². The molecule has 5 nitrogen and oxygen atoms in total. The summed E-state index contributed by atoms with van der Waals surface area (Å²) < 4.78 is 41.4. The van der Waals surface area contributed by atoms with Crippen molar-refractivity contribution in [2.24, 2.45) is 5.10 Å². The minimum absolute atomic E-state index is 0.339. The van der Waals surface area contributed by atoms with Crippen molar-refractivity contribution in [3.63, 3.8) is 0 Å². The third kappa shape index (κ3) is 4.73. The molecule has 0 aliphatic carbocycles. The van der Waals surface area contributed by atoms with Gasteiger partial charge in [0.2, 0.25) is 0 Å². The van der Waals surface area contributed by atoms with Gasteiger partial charge in [-0.05, 0) is 60.1 Å². The molecule has 1 aromatic carbocycles. The van der Waals surface area contributed by atoms with E-state index in [0.717, 1.165) is 17.8 Å². The fourth-order valence-electron chi connectivity index (χ4n) is 2.90.